The molecule has 1 aliphatic heterocycles. The second-order valence-electron chi connectivity index (χ2n) is 2.91. The molecule has 1 heterocycles. The molecule has 0 atom stereocenters. The van der Waals surface area contributed by atoms with Crippen molar-refractivity contribution in [3.05, 3.63) is 12.4 Å². The van der Waals surface area contributed by atoms with Gasteiger partial charge in [0.1, 0.15) is 0 Å². The summed E-state index contributed by atoms with van der Waals surface area (Å²) in [7, 11) is -6.55. The van der Waals surface area contributed by atoms with Crippen molar-refractivity contribution in [1.82, 2.24) is 9.80 Å². The summed E-state index contributed by atoms with van der Waals surface area (Å²) < 4.78 is 59.2. The van der Waals surface area contributed by atoms with Gasteiger partial charge in [0.2, 0.25) is 0 Å². The van der Waals surface area contributed by atoms with E-state index in [1.807, 2.05) is 0 Å². The van der Waals surface area contributed by atoms with Gasteiger partial charge in [-0.1, -0.05) is 0 Å². The fraction of sp³-hybridized carbons (Fsp3) is 0.600. The molecule has 9 heteroatoms. The van der Waals surface area contributed by atoms with Gasteiger partial charge in [-0.25, -0.2) is 0 Å². The fourth-order valence-electron chi connectivity index (χ4n) is 0.674. The van der Waals surface area contributed by atoms with E-state index in [1.54, 1.807) is 0 Å². The van der Waals surface area contributed by atoms with Crippen LogP contribution in [0.25, 0.3) is 0 Å². The van der Waals surface area contributed by atoms with Crippen molar-refractivity contribution in [3.63, 3.8) is 0 Å². The Hall–Kier alpha value is -0.650. The zero-order valence-corrected chi connectivity index (χ0v) is 8.37. The summed E-state index contributed by atoms with van der Waals surface area (Å²) in [6, 6.07) is 0. The standard InChI is InChI=1S/C5H10N2.F6P/c1-6-3-4-7(2)5-6;1-7(2,3,4,5)6/h3-4H,5H2,1-2H3;/q;-1. The molecule has 2 nitrogen and oxygen atoms in total. The fourth-order valence-corrected chi connectivity index (χ4v) is 0.674. The van der Waals surface area contributed by atoms with Crippen LogP contribution in [0.15, 0.2) is 12.4 Å². The van der Waals surface area contributed by atoms with Crippen molar-refractivity contribution >= 4 is 7.81 Å². The van der Waals surface area contributed by atoms with Crippen LogP contribution in [-0.2, 0) is 0 Å². The molecule has 0 N–H and O–H groups in total. The monoisotopic (exact) mass is 243 g/mol. The predicted octanol–water partition coefficient (Wildman–Crippen LogP) is 3.67. The van der Waals surface area contributed by atoms with Gasteiger partial charge >= 0.3 is 33.0 Å². The first-order valence-electron chi connectivity index (χ1n) is 3.39. The van der Waals surface area contributed by atoms with Crippen molar-refractivity contribution in [2.24, 2.45) is 0 Å². The SMILES string of the molecule is CN1C=CN(C)C1.F[P-](F)(F)(F)(F)F. The van der Waals surface area contributed by atoms with Gasteiger partial charge in [0.05, 0.1) is 6.67 Å². The van der Waals surface area contributed by atoms with Gasteiger partial charge in [-0.3, -0.25) is 0 Å². The first kappa shape index (κ1) is 13.4. The number of nitrogens with zero attached hydrogens (tertiary/aromatic N) is 2. The Balaban J connectivity index is 0.000000241. The molecule has 0 aromatic carbocycles. The molecule has 0 aliphatic carbocycles. The molecule has 0 radical (unpaired) electrons. The maximum absolute atomic E-state index is 10.7. The van der Waals surface area contributed by atoms with Crippen LogP contribution in [0.5, 0.6) is 0 Å². The molecule has 0 saturated carbocycles. The van der Waals surface area contributed by atoms with Crippen LogP contribution in [0, 0.1) is 0 Å². The molecule has 0 unspecified atom stereocenters. The molecule has 0 amide bonds. The zero-order valence-electron chi connectivity index (χ0n) is 7.47. The molecule has 0 saturated heterocycles. The quantitative estimate of drug-likeness (QED) is 0.473. The van der Waals surface area contributed by atoms with Crippen LogP contribution in [0.2, 0.25) is 0 Å². The Kier molecular flexibility index (Phi) is 2.78. The molecule has 0 bridgehead atoms. The van der Waals surface area contributed by atoms with E-state index in [2.05, 4.69) is 36.3 Å². The molecule has 1 rings (SSSR count). The van der Waals surface area contributed by atoms with Crippen molar-refractivity contribution in [3.8, 4) is 0 Å². The summed E-state index contributed by atoms with van der Waals surface area (Å²) in [4.78, 5) is 4.25. The number of hydrogen-bond donors (Lipinski definition) is 0. The second kappa shape index (κ2) is 2.92. The number of hydrogen-bond acceptors (Lipinski definition) is 2. The van der Waals surface area contributed by atoms with Crippen LogP contribution >= 0.6 is 7.81 Å². The Morgan fingerprint density at radius 1 is 0.857 bits per heavy atom. The van der Waals surface area contributed by atoms with Gasteiger partial charge in [-0.15, -0.1) is 0 Å². The van der Waals surface area contributed by atoms with Crippen molar-refractivity contribution in [1.29, 1.82) is 0 Å². The van der Waals surface area contributed by atoms with E-state index in [1.165, 1.54) is 0 Å². The third-order valence-electron chi connectivity index (χ3n) is 1.02. The third-order valence-corrected chi connectivity index (χ3v) is 1.02. The van der Waals surface area contributed by atoms with E-state index in [4.69, 9.17) is 0 Å². The normalized spacial score (nSPS) is 21.1. The van der Waals surface area contributed by atoms with Crippen LogP contribution in [0.4, 0.5) is 25.2 Å². The molecule has 0 aromatic rings. The topological polar surface area (TPSA) is 6.48 Å². The Morgan fingerprint density at radius 2 is 1.07 bits per heavy atom. The van der Waals surface area contributed by atoms with E-state index < -0.39 is 7.81 Å². The molecule has 1 aliphatic rings. The summed E-state index contributed by atoms with van der Waals surface area (Å²) in [6.07, 6.45) is 4.11. The summed E-state index contributed by atoms with van der Waals surface area (Å²) in [5, 5.41) is 0. The van der Waals surface area contributed by atoms with Gasteiger partial charge in [0.15, 0.2) is 0 Å². The average molecular weight is 243 g/mol. The van der Waals surface area contributed by atoms with Crippen LogP contribution < -0.4 is 0 Å². The molecule has 0 fully saturated rings. The minimum absolute atomic E-state index is 1.03. The maximum atomic E-state index is 9.87. The first-order chi connectivity index (χ1) is 5.74. The molecule has 0 spiro atoms. The number of rotatable bonds is 0. The van der Waals surface area contributed by atoms with E-state index in [0.29, 0.717) is 0 Å². The number of halogens is 6. The van der Waals surface area contributed by atoms with Crippen molar-refractivity contribution < 1.29 is 25.2 Å². The van der Waals surface area contributed by atoms with Gasteiger partial charge in [-0.2, -0.15) is 0 Å². The van der Waals surface area contributed by atoms with E-state index in [9.17, 15) is 25.2 Å². The summed E-state index contributed by atoms with van der Waals surface area (Å²) in [5.74, 6) is 0. The van der Waals surface area contributed by atoms with Gasteiger partial charge in [0.25, 0.3) is 0 Å². The molecular formula is C5H10F6N2P-. The minimum atomic E-state index is -10.7. The Labute approximate surface area is 77.0 Å². The molecular weight excluding hydrogens is 233 g/mol. The van der Waals surface area contributed by atoms with E-state index >= 15 is 0 Å². The first-order valence-corrected chi connectivity index (χ1v) is 5.42. The summed E-state index contributed by atoms with van der Waals surface area (Å²) in [5.41, 5.74) is 0. The molecule has 0 aromatic heterocycles. The van der Waals surface area contributed by atoms with Gasteiger partial charge < -0.3 is 9.80 Å². The van der Waals surface area contributed by atoms with Gasteiger partial charge in [0, 0.05) is 26.5 Å². The Morgan fingerprint density at radius 3 is 1.14 bits per heavy atom. The summed E-state index contributed by atoms with van der Waals surface area (Å²) in [6.45, 7) is 1.03. The molecule has 88 valence electrons. The third kappa shape index (κ3) is 17.4. The van der Waals surface area contributed by atoms with Crippen LogP contribution in [0.3, 0.4) is 0 Å². The van der Waals surface area contributed by atoms with Crippen LogP contribution in [-0.4, -0.2) is 30.6 Å². The second-order valence-corrected chi connectivity index (χ2v) is 4.83. The van der Waals surface area contributed by atoms with E-state index in [-0.39, 0.29) is 0 Å². The van der Waals surface area contributed by atoms with Gasteiger partial charge in [-0.05, 0) is 0 Å². The summed E-state index contributed by atoms with van der Waals surface area (Å²) >= 11 is 0. The Bertz CT molecular complexity index is 208. The predicted molar refractivity (Wildman–Crippen MR) is 43.1 cm³/mol. The molecule has 14 heavy (non-hydrogen) atoms. The van der Waals surface area contributed by atoms with Crippen LogP contribution in [0.1, 0.15) is 0 Å². The van der Waals surface area contributed by atoms with Crippen molar-refractivity contribution in [2.75, 3.05) is 20.8 Å². The van der Waals surface area contributed by atoms with Crippen molar-refractivity contribution in [2.45, 2.75) is 0 Å². The van der Waals surface area contributed by atoms with E-state index in [0.717, 1.165) is 6.67 Å². The zero-order chi connectivity index (χ0) is 11.7. The average Bonchev–Trinajstić information content (AvgIpc) is 2.04.